The first kappa shape index (κ1) is 51.9. The second-order valence-corrected chi connectivity index (χ2v) is 27.7. The Morgan fingerprint density at radius 3 is 1.49 bits per heavy atom. The molecule has 3 nitrogen and oxygen atoms in total. The van der Waals surface area contributed by atoms with Crippen molar-refractivity contribution in [3.63, 3.8) is 0 Å². The SMILES string of the molecule is Cc1cc2c3c(c1)N(c1ccc(C(C)(C)C)cc1-c1ccc4c(c1)C(C)(C)CCC4(C)C)c1cc4c(cc1B3c1ccc(N(c3ccccc3)c3ccccc3)cc1N2c1ccc(-c2ccccc2)cc1C)C(C)(C)CCC4(C)C. The Morgan fingerprint density at radius 2 is 0.900 bits per heavy atom. The van der Waals surface area contributed by atoms with Gasteiger partial charge in [0.1, 0.15) is 0 Å². The summed E-state index contributed by atoms with van der Waals surface area (Å²) in [5, 5.41) is 0. The van der Waals surface area contributed by atoms with E-state index in [0.717, 1.165) is 29.9 Å². The molecule has 13 rings (SSSR count). The van der Waals surface area contributed by atoms with Crippen molar-refractivity contribution in [1.82, 2.24) is 0 Å². The van der Waals surface area contributed by atoms with E-state index in [1.165, 1.54) is 125 Å². The molecule has 2 aliphatic carbocycles. The van der Waals surface area contributed by atoms with Crippen LogP contribution in [0.15, 0.2) is 188 Å². The zero-order valence-corrected chi connectivity index (χ0v) is 49.6. The van der Waals surface area contributed by atoms with Crippen molar-refractivity contribution in [1.29, 1.82) is 0 Å². The van der Waals surface area contributed by atoms with E-state index in [4.69, 9.17) is 0 Å². The summed E-state index contributed by atoms with van der Waals surface area (Å²) in [6.45, 7) is 31.5. The van der Waals surface area contributed by atoms with E-state index in [0.29, 0.717) is 0 Å². The molecule has 9 aromatic rings. The summed E-state index contributed by atoms with van der Waals surface area (Å²) in [5.41, 5.74) is 29.7. The van der Waals surface area contributed by atoms with Crippen molar-refractivity contribution in [2.45, 2.75) is 143 Å². The van der Waals surface area contributed by atoms with E-state index in [9.17, 15) is 0 Å². The van der Waals surface area contributed by atoms with E-state index in [2.05, 4.69) is 293 Å². The molecule has 80 heavy (non-hydrogen) atoms. The number of rotatable bonds is 7. The van der Waals surface area contributed by atoms with Gasteiger partial charge in [-0.1, -0.05) is 185 Å². The van der Waals surface area contributed by atoms with Crippen LogP contribution in [0.25, 0.3) is 22.3 Å². The lowest BCUT2D eigenvalue weighted by Gasteiger charge is -2.48. The van der Waals surface area contributed by atoms with Crippen molar-refractivity contribution in [3.8, 4) is 22.3 Å². The third kappa shape index (κ3) is 8.46. The molecular formula is C76H78BN3. The summed E-state index contributed by atoms with van der Waals surface area (Å²) >= 11 is 0. The Hall–Kier alpha value is -7.56. The summed E-state index contributed by atoms with van der Waals surface area (Å²) in [6, 6.07) is 72.4. The third-order valence-electron chi connectivity index (χ3n) is 19.3. The highest BCUT2D eigenvalue weighted by Crippen LogP contribution is 2.54. The van der Waals surface area contributed by atoms with Gasteiger partial charge in [0.25, 0.3) is 6.71 Å². The highest BCUT2D eigenvalue weighted by Gasteiger charge is 2.47. The fourth-order valence-electron chi connectivity index (χ4n) is 14.3. The maximum Gasteiger partial charge on any atom is 0.252 e. The molecule has 400 valence electrons. The predicted octanol–water partition coefficient (Wildman–Crippen LogP) is 19.2. The molecule has 0 fully saturated rings. The number of hydrogen-bond donors (Lipinski definition) is 0. The minimum absolute atomic E-state index is 0.00118. The minimum Gasteiger partial charge on any atom is -0.311 e. The molecule has 4 heteroatoms. The van der Waals surface area contributed by atoms with E-state index in [1.807, 2.05) is 0 Å². The highest BCUT2D eigenvalue weighted by atomic mass is 15.2. The molecule has 9 aromatic carbocycles. The number of aryl methyl sites for hydroxylation is 2. The zero-order valence-electron chi connectivity index (χ0n) is 49.6. The maximum absolute atomic E-state index is 2.72. The lowest BCUT2D eigenvalue weighted by molar-refractivity contribution is 0.332. The molecular weight excluding hydrogens is 966 g/mol. The summed E-state index contributed by atoms with van der Waals surface area (Å²) in [6.07, 6.45) is 4.65. The molecule has 0 N–H and O–H groups in total. The average molecular weight is 1040 g/mol. The average Bonchev–Trinajstić information content (AvgIpc) is 1.50. The van der Waals surface area contributed by atoms with Gasteiger partial charge in [0.2, 0.25) is 0 Å². The van der Waals surface area contributed by atoms with Gasteiger partial charge >= 0.3 is 0 Å². The van der Waals surface area contributed by atoms with Crippen molar-refractivity contribution in [2.24, 2.45) is 0 Å². The first-order valence-electron chi connectivity index (χ1n) is 29.5. The van der Waals surface area contributed by atoms with Crippen LogP contribution in [0.4, 0.5) is 51.2 Å². The first-order valence-corrected chi connectivity index (χ1v) is 29.5. The number of para-hydroxylation sites is 2. The smallest absolute Gasteiger partial charge is 0.252 e. The van der Waals surface area contributed by atoms with Gasteiger partial charge in [0.15, 0.2) is 0 Å². The van der Waals surface area contributed by atoms with E-state index in [1.54, 1.807) is 0 Å². The number of anilines is 9. The molecule has 2 heterocycles. The summed E-state index contributed by atoms with van der Waals surface area (Å²) in [7, 11) is 0. The molecule has 0 saturated carbocycles. The van der Waals surface area contributed by atoms with Crippen LogP contribution in [0.1, 0.15) is 141 Å². The molecule has 2 aliphatic heterocycles. The van der Waals surface area contributed by atoms with Crippen LogP contribution >= 0.6 is 0 Å². The van der Waals surface area contributed by atoms with Crippen LogP contribution in [-0.4, -0.2) is 6.71 Å². The molecule has 0 atom stereocenters. The van der Waals surface area contributed by atoms with E-state index in [-0.39, 0.29) is 33.8 Å². The molecule has 0 bridgehead atoms. The van der Waals surface area contributed by atoms with Crippen LogP contribution in [0.3, 0.4) is 0 Å². The van der Waals surface area contributed by atoms with Crippen molar-refractivity contribution < 1.29 is 0 Å². The Kier molecular flexibility index (Phi) is 12.0. The highest BCUT2D eigenvalue weighted by molar-refractivity contribution is 7.00. The van der Waals surface area contributed by atoms with Gasteiger partial charge in [0, 0.05) is 51.1 Å². The fraction of sp³-hybridized carbons (Fsp3) is 0.289. The Bertz CT molecular complexity index is 3870. The fourth-order valence-corrected chi connectivity index (χ4v) is 14.3. The van der Waals surface area contributed by atoms with Crippen LogP contribution < -0.4 is 31.1 Å². The van der Waals surface area contributed by atoms with Crippen LogP contribution in [0, 0.1) is 13.8 Å². The van der Waals surface area contributed by atoms with Crippen molar-refractivity contribution >= 4 is 74.3 Å². The maximum atomic E-state index is 2.72. The monoisotopic (exact) mass is 1040 g/mol. The molecule has 0 unspecified atom stereocenters. The lowest BCUT2D eigenvalue weighted by Crippen LogP contribution is -2.62. The number of hydrogen-bond acceptors (Lipinski definition) is 3. The number of nitrogens with zero attached hydrogens (tertiary/aromatic N) is 3. The summed E-state index contributed by atoms with van der Waals surface area (Å²) in [5.74, 6) is 0. The van der Waals surface area contributed by atoms with Crippen LogP contribution in [-0.2, 0) is 27.1 Å². The van der Waals surface area contributed by atoms with E-state index >= 15 is 0 Å². The van der Waals surface area contributed by atoms with Gasteiger partial charge in [-0.25, -0.2) is 0 Å². The standard InChI is InChI=1S/C76H78BN3/c1-49-41-69-71-70(42-49)80(66-36-31-54(72(3,4)5)45-58(66)53-29-33-59-60(44-53)74(8,9)38-37-73(59,6)7)68-48-62-61(75(10,11)39-40-76(62,12)13)47-64(68)77(71)63-34-32-57(78(55-25-19-15-20-26-55)56-27-21-16-22-28-56)46-67(63)79(69)65-35-30-52(43-50(65)2)51-23-17-14-18-24-51/h14-36,41-48H,37-40H2,1-13H3. The predicted molar refractivity (Wildman–Crippen MR) is 345 cm³/mol. The van der Waals surface area contributed by atoms with Gasteiger partial charge in [-0.3, -0.25) is 0 Å². The van der Waals surface area contributed by atoms with Crippen molar-refractivity contribution in [3.05, 3.63) is 227 Å². The van der Waals surface area contributed by atoms with Crippen molar-refractivity contribution in [2.75, 3.05) is 14.7 Å². The Morgan fingerprint density at radius 1 is 0.388 bits per heavy atom. The molecule has 0 spiro atoms. The van der Waals surface area contributed by atoms with Crippen LogP contribution in [0.5, 0.6) is 0 Å². The lowest BCUT2D eigenvalue weighted by atomic mass is 9.33. The molecule has 0 aromatic heterocycles. The quantitative estimate of drug-likeness (QED) is 0.147. The number of benzene rings is 9. The largest absolute Gasteiger partial charge is 0.311 e. The third-order valence-corrected chi connectivity index (χ3v) is 19.3. The summed E-state index contributed by atoms with van der Waals surface area (Å²) in [4.78, 5) is 7.77. The second-order valence-electron chi connectivity index (χ2n) is 27.7. The van der Waals surface area contributed by atoms with Gasteiger partial charge in [-0.15, -0.1) is 0 Å². The second kappa shape index (κ2) is 18.5. The number of fused-ring (bicyclic) bond motifs is 6. The van der Waals surface area contributed by atoms with Gasteiger partial charge < -0.3 is 14.7 Å². The molecule has 0 saturated heterocycles. The van der Waals surface area contributed by atoms with Gasteiger partial charge in [0.05, 0.1) is 5.69 Å². The van der Waals surface area contributed by atoms with Gasteiger partial charge in [-0.05, 0) is 217 Å². The first-order chi connectivity index (χ1) is 38.1. The minimum atomic E-state index is -0.0571. The topological polar surface area (TPSA) is 9.72 Å². The molecule has 4 aliphatic rings. The Balaban J connectivity index is 1.13. The Labute approximate surface area is 478 Å². The van der Waals surface area contributed by atoms with Gasteiger partial charge in [-0.2, -0.15) is 0 Å². The van der Waals surface area contributed by atoms with E-state index < -0.39 is 0 Å². The normalized spacial score (nSPS) is 16.9. The van der Waals surface area contributed by atoms with Crippen LogP contribution in [0.2, 0.25) is 0 Å². The zero-order chi connectivity index (χ0) is 55.8. The summed E-state index contributed by atoms with van der Waals surface area (Å²) < 4.78 is 0. The molecule has 0 amide bonds. The molecule has 0 radical (unpaired) electrons.